The number of hydrogen-bond acceptors (Lipinski definition) is 5. The molecule has 0 saturated heterocycles. The summed E-state index contributed by atoms with van der Waals surface area (Å²) in [5, 5.41) is 11.7. The Morgan fingerprint density at radius 1 is 1.09 bits per heavy atom. The number of nitrogens with one attached hydrogen (secondary N) is 3. The molecule has 0 bridgehead atoms. The third-order valence-electron chi connectivity index (χ3n) is 3.23. The monoisotopic (exact) mass is 318 g/mol. The van der Waals surface area contributed by atoms with Gasteiger partial charge in [-0.2, -0.15) is 5.10 Å². The summed E-state index contributed by atoms with van der Waals surface area (Å²) >= 11 is 0. The van der Waals surface area contributed by atoms with E-state index in [1.807, 2.05) is 0 Å². The molecule has 0 aliphatic rings. The van der Waals surface area contributed by atoms with Crippen molar-refractivity contribution in [2.75, 3.05) is 24.9 Å². The molecule has 0 aliphatic carbocycles. The molecular formula is C15H18N4O4. The summed E-state index contributed by atoms with van der Waals surface area (Å²) in [5.74, 6) is -0.640. The van der Waals surface area contributed by atoms with Gasteiger partial charge in [-0.3, -0.25) is 14.7 Å². The van der Waals surface area contributed by atoms with Gasteiger partial charge in [0.1, 0.15) is 11.5 Å². The van der Waals surface area contributed by atoms with Crippen molar-refractivity contribution in [3.05, 3.63) is 29.6 Å². The summed E-state index contributed by atoms with van der Waals surface area (Å²) in [7, 11) is 2.98. The molecule has 1 aromatic carbocycles. The molecule has 0 saturated carbocycles. The zero-order valence-corrected chi connectivity index (χ0v) is 13.3. The lowest BCUT2D eigenvalue weighted by molar-refractivity contribution is -0.133. The maximum Gasteiger partial charge on any atom is 0.314 e. The highest BCUT2D eigenvalue weighted by Crippen LogP contribution is 2.29. The Bertz CT molecular complexity index is 720. The summed E-state index contributed by atoms with van der Waals surface area (Å²) in [6.45, 7) is 3.48. The van der Waals surface area contributed by atoms with Crippen LogP contribution in [-0.2, 0) is 9.59 Å². The van der Waals surface area contributed by atoms with Gasteiger partial charge in [-0.1, -0.05) is 0 Å². The summed E-state index contributed by atoms with van der Waals surface area (Å²) < 4.78 is 10.2. The van der Waals surface area contributed by atoms with E-state index < -0.39 is 11.8 Å². The molecule has 0 unspecified atom stereocenters. The number of aromatic amines is 1. The maximum atomic E-state index is 12.0. The minimum Gasteiger partial charge on any atom is -0.497 e. The van der Waals surface area contributed by atoms with Crippen LogP contribution in [0.5, 0.6) is 11.5 Å². The summed E-state index contributed by atoms with van der Waals surface area (Å²) in [5.41, 5.74) is 2.14. The Morgan fingerprint density at radius 2 is 1.78 bits per heavy atom. The van der Waals surface area contributed by atoms with Gasteiger partial charge in [0.15, 0.2) is 0 Å². The van der Waals surface area contributed by atoms with Crippen LogP contribution in [0.2, 0.25) is 0 Å². The van der Waals surface area contributed by atoms with Gasteiger partial charge in [-0.25, -0.2) is 0 Å². The quantitative estimate of drug-likeness (QED) is 0.743. The molecule has 8 heteroatoms. The number of methoxy groups -OCH3 is 2. The molecule has 2 amide bonds. The molecule has 3 N–H and O–H groups in total. The number of carbonyl (C=O) groups excluding carboxylic acids is 2. The van der Waals surface area contributed by atoms with Crippen molar-refractivity contribution in [2.24, 2.45) is 0 Å². The van der Waals surface area contributed by atoms with Gasteiger partial charge in [0.05, 0.1) is 37.0 Å². The zero-order chi connectivity index (χ0) is 17.0. The fourth-order valence-electron chi connectivity index (χ4n) is 1.99. The number of rotatable bonds is 4. The van der Waals surface area contributed by atoms with Crippen molar-refractivity contribution in [1.29, 1.82) is 0 Å². The first-order valence-corrected chi connectivity index (χ1v) is 6.82. The van der Waals surface area contributed by atoms with E-state index in [1.165, 1.54) is 14.2 Å². The maximum absolute atomic E-state index is 12.0. The molecule has 0 atom stereocenters. The molecule has 0 spiro atoms. The Kier molecular flexibility index (Phi) is 4.85. The van der Waals surface area contributed by atoms with E-state index in [0.29, 0.717) is 34.3 Å². The summed E-state index contributed by atoms with van der Waals surface area (Å²) in [6, 6.07) is 4.86. The fourth-order valence-corrected chi connectivity index (χ4v) is 1.99. The molecule has 1 aromatic heterocycles. The predicted octanol–water partition coefficient (Wildman–Crippen LogP) is 1.62. The number of benzene rings is 1. The van der Waals surface area contributed by atoms with Crippen LogP contribution in [0.4, 0.5) is 11.4 Å². The highest BCUT2D eigenvalue weighted by atomic mass is 16.5. The van der Waals surface area contributed by atoms with E-state index >= 15 is 0 Å². The van der Waals surface area contributed by atoms with Crippen LogP contribution >= 0.6 is 0 Å². The van der Waals surface area contributed by atoms with Gasteiger partial charge in [0.2, 0.25) is 0 Å². The number of anilines is 2. The van der Waals surface area contributed by atoms with Crippen molar-refractivity contribution in [1.82, 2.24) is 10.2 Å². The van der Waals surface area contributed by atoms with E-state index in [4.69, 9.17) is 9.47 Å². The van der Waals surface area contributed by atoms with Gasteiger partial charge in [-0.05, 0) is 26.0 Å². The minimum absolute atomic E-state index is 0.370. The van der Waals surface area contributed by atoms with E-state index in [-0.39, 0.29) is 0 Å². The van der Waals surface area contributed by atoms with Crippen LogP contribution in [0.3, 0.4) is 0 Å². The molecule has 2 rings (SSSR count). The smallest absolute Gasteiger partial charge is 0.314 e. The molecule has 0 radical (unpaired) electrons. The van der Waals surface area contributed by atoms with Gasteiger partial charge in [0, 0.05) is 6.07 Å². The van der Waals surface area contributed by atoms with E-state index in [0.717, 1.165) is 0 Å². The van der Waals surface area contributed by atoms with Crippen molar-refractivity contribution < 1.29 is 19.1 Å². The van der Waals surface area contributed by atoms with Gasteiger partial charge in [0.25, 0.3) is 0 Å². The summed E-state index contributed by atoms with van der Waals surface area (Å²) in [4.78, 5) is 24.1. The zero-order valence-electron chi connectivity index (χ0n) is 13.3. The molecule has 0 aliphatic heterocycles. The molecule has 2 aromatic rings. The van der Waals surface area contributed by atoms with Crippen molar-refractivity contribution in [3.8, 4) is 11.5 Å². The van der Waals surface area contributed by atoms with Crippen LogP contribution in [0.1, 0.15) is 11.4 Å². The Labute approximate surface area is 133 Å². The number of amides is 2. The van der Waals surface area contributed by atoms with Gasteiger partial charge >= 0.3 is 11.8 Å². The normalized spacial score (nSPS) is 10.1. The molecule has 122 valence electrons. The number of ether oxygens (including phenoxy) is 2. The number of aryl methyl sites for hydroxylation is 2. The second-order valence-electron chi connectivity index (χ2n) is 4.78. The average molecular weight is 318 g/mol. The van der Waals surface area contributed by atoms with Crippen LogP contribution in [0.25, 0.3) is 0 Å². The third kappa shape index (κ3) is 3.60. The number of H-pyrrole nitrogens is 1. The molecule has 0 fully saturated rings. The number of hydrogen-bond donors (Lipinski definition) is 3. The fraction of sp³-hybridized carbons (Fsp3) is 0.267. The van der Waals surface area contributed by atoms with Crippen molar-refractivity contribution in [3.63, 3.8) is 0 Å². The topological polar surface area (TPSA) is 105 Å². The molecule has 23 heavy (non-hydrogen) atoms. The van der Waals surface area contributed by atoms with Crippen molar-refractivity contribution >= 4 is 23.2 Å². The lowest BCUT2D eigenvalue weighted by Crippen LogP contribution is -2.29. The SMILES string of the molecule is COc1ccc(NC(=O)C(=O)Nc2c(C)n[nH]c2C)c(OC)c1. The summed E-state index contributed by atoms with van der Waals surface area (Å²) in [6.07, 6.45) is 0. The lowest BCUT2D eigenvalue weighted by atomic mass is 10.2. The molecular weight excluding hydrogens is 300 g/mol. The molecule has 1 heterocycles. The highest BCUT2D eigenvalue weighted by Gasteiger charge is 2.19. The first-order valence-electron chi connectivity index (χ1n) is 6.82. The average Bonchev–Trinajstić information content (AvgIpc) is 2.86. The number of aromatic nitrogens is 2. The van der Waals surface area contributed by atoms with Gasteiger partial charge < -0.3 is 20.1 Å². The Hall–Kier alpha value is -3.03. The van der Waals surface area contributed by atoms with Gasteiger partial charge in [-0.15, -0.1) is 0 Å². The largest absolute Gasteiger partial charge is 0.497 e. The minimum atomic E-state index is -0.812. The second kappa shape index (κ2) is 6.82. The Balaban J connectivity index is 2.11. The number of nitrogens with zero attached hydrogens (tertiary/aromatic N) is 1. The third-order valence-corrected chi connectivity index (χ3v) is 3.23. The van der Waals surface area contributed by atoms with Crippen LogP contribution in [0.15, 0.2) is 18.2 Å². The van der Waals surface area contributed by atoms with Crippen LogP contribution in [-0.4, -0.2) is 36.2 Å². The van der Waals surface area contributed by atoms with E-state index in [2.05, 4.69) is 20.8 Å². The van der Waals surface area contributed by atoms with Crippen LogP contribution in [0, 0.1) is 13.8 Å². The highest BCUT2D eigenvalue weighted by molar-refractivity contribution is 6.43. The first kappa shape index (κ1) is 16.3. The molecule has 8 nitrogen and oxygen atoms in total. The van der Waals surface area contributed by atoms with Crippen molar-refractivity contribution in [2.45, 2.75) is 13.8 Å². The second-order valence-corrected chi connectivity index (χ2v) is 4.78. The number of carbonyl (C=O) groups is 2. The predicted molar refractivity (Wildman–Crippen MR) is 84.9 cm³/mol. The first-order chi connectivity index (χ1) is 11.0. The Morgan fingerprint density at radius 3 is 2.35 bits per heavy atom. The van der Waals surface area contributed by atoms with Crippen LogP contribution < -0.4 is 20.1 Å². The van der Waals surface area contributed by atoms with E-state index in [9.17, 15) is 9.59 Å². The standard InChI is InChI=1S/C15H18N4O4/c1-8-13(9(2)19-18-8)17-15(21)14(20)16-11-6-5-10(22-3)7-12(11)23-4/h5-7H,1-4H3,(H,16,20)(H,17,21)(H,18,19). The van der Waals surface area contributed by atoms with E-state index in [1.54, 1.807) is 32.0 Å². The lowest BCUT2D eigenvalue weighted by Gasteiger charge is -2.11.